The van der Waals surface area contributed by atoms with Gasteiger partial charge in [-0.25, -0.2) is 17.5 Å². The molecule has 0 saturated heterocycles. The second kappa shape index (κ2) is 10.3. The molecule has 0 aliphatic heterocycles. The van der Waals surface area contributed by atoms with Gasteiger partial charge in [-0.2, -0.15) is 0 Å². The minimum Gasteiger partial charge on any atom is -0.496 e. The molecular weight excluding hydrogens is 432 g/mol. The van der Waals surface area contributed by atoms with Gasteiger partial charge in [0, 0.05) is 18.6 Å². The van der Waals surface area contributed by atoms with E-state index in [9.17, 15) is 18.0 Å². The van der Waals surface area contributed by atoms with E-state index in [1.807, 2.05) is 0 Å². The summed E-state index contributed by atoms with van der Waals surface area (Å²) in [5, 5.41) is 3.25. The molecule has 0 saturated carbocycles. The van der Waals surface area contributed by atoms with Crippen LogP contribution in [-0.4, -0.2) is 52.0 Å². The second-order valence-electron chi connectivity index (χ2n) is 6.17. The van der Waals surface area contributed by atoms with Gasteiger partial charge >= 0.3 is 6.09 Å². The third-order valence-electron chi connectivity index (χ3n) is 4.21. The van der Waals surface area contributed by atoms with Crippen LogP contribution in [0.4, 0.5) is 4.79 Å². The molecule has 1 N–H and O–H groups in total. The van der Waals surface area contributed by atoms with E-state index in [0.717, 1.165) is 12.6 Å². The summed E-state index contributed by atoms with van der Waals surface area (Å²) in [5.74, 6) is 0.0686. The van der Waals surface area contributed by atoms with Crippen LogP contribution in [0.5, 0.6) is 5.75 Å². The van der Waals surface area contributed by atoms with Crippen molar-refractivity contribution in [1.29, 1.82) is 0 Å². The number of nitrogens with zero attached hydrogens (tertiary/aromatic N) is 1. The van der Waals surface area contributed by atoms with Gasteiger partial charge in [-0.1, -0.05) is 23.7 Å². The van der Waals surface area contributed by atoms with E-state index < -0.39 is 16.1 Å². The predicted octanol–water partition coefficient (Wildman–Crippen LogP) is 3.10. The van der Waals surface area contributed by atoms with Crippen LogP contribution in [0.2, 0.25) is 5.02 Å². The van der Waals surface area contributed by atoms with Crippen LogP contribution in [-0.2, 0) is 21.2 Å². The molecule has 0 heterocycles. The van der Waals surface area contributed by atoms with Crippen molar-refractivity contribution in [2.45, 2.75) is 18.2 Å². The first-order valence-corrected chi connectivity index (χ1v) is 10.9. The summed E-state index contributed by atoms with van der Waals surface area (Å²) in [6, 6.07) is 10.8. The van der Waals surface area contributed by atoms with Crippen molar-refractivity contribution < 1.29 is 27.5 Å². The molecule has 2 aromatic carbocycles. The molecule has 30 heavy (non-hydrogen) atoms. The molecule has 2 amide bonds. The van der Waals surface area contributed by atoms with E-state index in [1.54, 1.807) is 37.3 Å². The molecule has 162 valence electrons. The standard InChI is InChI=1S/C20H23ClN2O6S/c1-4-29-20(25)23(2)30(26,27)16-8-5-14(6-9-16)11-12-22-19(24)17-10-7-15(21)13-18(17)28-3/h5-10,13H,4,11-12H2,1-3H3,(H,22,24). The van der Waals surface area contributed by atoms with Crippen LogP contribution in [0, 0.1) is 0 Å². The Hall–Kier alpha value is -2.78. The van der Waals surface area contributed by atoms with Gasteiger partial charge in [0.1, 0.15) is 5.75 Å². The van der Waals surface area contributed by atoms with Gasteiger partial charge in [-0.05, 0) is 49.2 Å². The lowest BCUT2D eigenvalue weighted by Gasteiger charge is -2.17. The van der Waals surface area contributed by atoms with Crippen molar-refractivity contribution in [3.05, 3.63) is 58.6 Å². The number of ether oxygens (including phenoxy) is 2. The third kappa shape index (κ3) is 5.64. The maximum atomic E-state index is 12.5. The number of hydrogen-bond acceptors (Lipinski definition) is 6. The highest BCUT2D eigenvalue weighted by Gasteiger charge is 2.26. The van der Waals surface area contributed by atoms with Gasteiger partial charge in [-0.3, -0.25) is 4.79 Å². The smallest absolute Gasteiger partial charge is 0.423 e. The summed E-state index contributed by atoms with van der Waals surface area (Å²) >= 11 is 5.90. The fourth-order valence-electron chi connectivity index (χ4n) is 2.57. The molecule has 0 unspecified atom stereocenters. The van der Waals surface area contributed by atoms with Crippen molar-refractivity contribution in [2.24, 2.45) is 0 Å². The van der Waals surface area contributed by atoms with E-state index in [2.05, 4.69) is 5.32 Å². The fourth-order valence-corrected chi connectivity index (χ4v) is 3.77. The van der Waals surface area contributed by atoms with E-state index in [-0.39, 0.29) is 17.4 Å². The van der Waals surface area contributed by atoms with Gasteiger partial charge in [0.2, 0.25) is 0 Å². The molecule has 8 nitrogen and oxygen atoms in total. The number of carbonyl (C=O) groups is 2. The van der Waals surface area contributed by atoms with Crippen molar-refractivity contribution in [1.82, 2.24) is 9.62 Å². The first-order chi connectivity index (χ1) is 14.2. The first-order valence-electron chi connectivity index (χ1n) is 9.07. The van der Waals surface area contributed by atoms with Gasteiger partial charge < -0.3 is 14.8 Å². The Labute approximate surface area is 180 Å². The largest absolute Gasteiger partial charge is 0.496 e. The van der Waals surface area contributed by atoms with Crippen LogP contribution in [0.15, 0.2) is 47.4 Å². The lowest BCUT2D eigenvalue weighted by Crippen LogP contribution is -2.33. The summed E-state index contributed by atoms with van der Waals surface area (Å²) in [6.45, 7) is 2.00. The average Bonchev–Trinajstić information content (AvgIpc) is 2.73. The van der Waals surface area contributed by atoms with Crippen LogP contribution in [0.3, 0.4) is 0 Å². The Morgan fingerprint density at radius 1 is 1.13 bits per heavy atom. The summed E-state index contributed by atoms with van der Waals surface area (Å²) < 4.78 is 35.4. The van der Waals surface area contributed by atoms with Crippen LogP contribution < -0.4 is 10.1 Å². The summed E-state index contributed by atoms with van der Waals surface area (Å²) in [5.41, 5.74) is 1.18. The molecule has 0 aromatic heterocycles. The van der Waals surface area contributed by atoms with Crippen molar-refractivity contribution >= 4 is 33.6 Å². The number of methoxy groups -OCH3 is 1. The van der Waals surface area contributed by atoms with Gasteiger partial charge in [-0.15, -0.1) is 0 Å². The van der Waals surface area contributed by atoms with Crippen LogP contribution >= 0.6 is 11.6 Å². The highest BCUT2D eigenvalue weighted by Crippen LogP contribution is 2.23. The molecule has 0 aliphatic rings. The molecule has 10 heteroatoms. The number of halogens is 1. The maximum Gasteiger partial charge on any atom is 0.423 e. The predicted molar refractivity (Wildman–Crippen MR) is 112 cm³/mol. The number of sulfonamides is 1. The molecule has 0 aliphatic carbocycles. The molecule has 2 rings (SSSR count). The monoisotopic (exact) mass is 454 g/mol. The summed E-state index contributed by atoms with van der Waals surface area (Å²) in [4.78, 5) is 24.0. The van der Waals surface area contributed by atoms with Crippen LogP contribution in [0.25, 0.3) is 0 Å². The number of rotatable bonds is 8. The number of benzene rings is 2. The van der Waals surface area contributed by atoms with E-state index in [4.69, 9.17) is 21.1 Å². The normalized spacial score (nSPS) is 10.9. The Balaban J connectivity index is 1.98. The van der Waals surface area contributed by atoms with E-state index in [0.29, 0.717) is 33.6 Å². The molecule has 2 aromatic rings. The summed E-state index contributed by atoms with van der Waals surface area (Å²) in [7, 11) is -1.40. The zero-order valence-corrected chi connectivity index (χ0v) is 18.4. The zero-order valence-electron chi connectivity index (χ0n) is 16.8. The molecule has 0 fully saturated rings. The zero-order chi connectivity index (χ0) is 22.3. The van der Waals surface area contributed by atoms with E-state index >= 15 is 0 Å². The number of hydrogen-bond donors (Lipinski definition) is 1. The Morgan fingerprint density at radius 2 is 1.80 bits per heavy atom. The quantitative estimate of drug-likeness (QED) is 0.657. The fraction of sp³-hybridized carbons (Fsp3) is 0.300. The average molecular weight is 455 g/mol. The van der Waals surface area contributed by atoms with Gasteiger partial charge in [0.25, 0.3) is 15.9 Å². The third-order valence-corrected chi connectivity index (χ3v) is 6.19. The molecule has 0 bridgehead atoms. The summed E-state index contributed by atoms with van der Waals surface area (Å²) in [6.07, 6.45) is -0.461. The topological polar surface area (TPSA) is 102 Å². The van der Waals surface area contributed by atoms with Gasteiger partial charge in [0.05, 0.1) is 24.2 Å². The minimum absolute atomic E-state index is 0.0308. The Kier molecular flexibility index (Phi) is 8.08. The molecular formula is C20H23ClN2O6S. The SMILES string of the molecule is CCOC(=O)N(C)S(=O)(=O)c1ccc(CCNC(=O)c2ccc(Cl)cc2OC)cc1. The van der Waals surface area contributed by atoms with Crippen molar-refractivity contribution in [3.63, 3.8) is 0 Å². The van der Waals surface area contributed by atoms with Gasteiger partial charge in [0.15, 0.2) is 0 Å². The Bertz CT molecular complexity index is 1010. The number of amides is 2. The highest BCUT2D eigenvalue weighted by molar-refractivity contribution is 7.89. The molecule has 0 atom stereocenters. The van der Waals surface area contributed by atoms with E-state index in [1.165, 1.54) is 19.2 Å². The lowest BCUT2D eigenvalue weighted by molar-refractivity contribution is 0.0951. The van der Waals surface area contributed by atoms with Crippen LogP contribution in [0.1, 0.15) is 22.8 Å². The number of nitrogens with one attached hydrogen (secondary N) is 1. The molecule has 0 spiro atoms. The second-order valence-corrected chi connectivity index (χ2v) is 8.57. The lowest BCUT2D eigenvalue weighted by atomic mass is 10.1. The maximum absolute atomic E-state index is 12.5. The number of carbonyl (C=O) groups excluding carboxylic acids is 2. The van der Waals surface area contributed by atoms with Crippen molar-refractivity contribution in [3.8, 4) is 5.75 Å². The first kappa shape index (κ1) is 23.5. The highest BCUT2D eigenvalue weighted by atomic mass is 35.5. The molecule has 0 radical (unpaired) electrons. The minimum atomic E-state index is -3.99. The van der Waals surface area contributed by atoms with Crippen molar-refractivity contribution in [2.75, 3.05) is 27.3 Å². The Morgan fingerprint density at radius 3 is 2.40 bits per heavy atom.